The van der Waals surface area contributed by atoms with Crippen LogP contribution in [-0.2, 0) is 4.79 Å². The number of anilines is 1. The van der Waals surface area contributed by atoms with Gasteiger partial charge in [0.2, 0.25) is 5.91 Å². The molecule has 0 saturated carbocycles. The second kappa shape index (κ2) is 6.44. The Hall–Kier alpha value is -3.68. The van der Waals surface area contributed by atoms with Crippen molar-refractivity contribution >= 4 is 28.6 Å². The molecule has 0 bridgehead atoms. The van der Waals surface area contributed by atoms with Crippen molar-refractivity contribution < 1.29 is 19.4 Å². The number of fused-ring (bicyclic) bond motifs is 1. The van der Waals surface area contributed by atoms with Gasteiger partial charge >= 0.3 is 5.97 Å². The molecule has 0 spiro atoms. The molecule has 0 atom stereocenters. The molecule has 0 fully saturated rings. The van der Waals surface area contributed by atoms with E-state index in [0.29, 0.717) is 33.7 Å². The number of aromatic amines is 1. The number of carboxylic acid groups (broad SMARTS) is 1. The Morgan fingerprint density at radius 2 is 2.16 bits per heavy atom. The standard InChI is InChI=1S/C17H14N4O4/c1-3-13(22)21-11-6-9(4-5-12(11)25-2)15-14-10(17(23)24)7-18-16(14)20-8-19-15/h3-8H,1H2,2H3,(H,21,22)(H,23,24)(H,18,19,20). The Morgan fingerprint density at radius 3 is 2.84 bits per heavy atom. The van der Waals surface area contributed by atoms with Crippen molar-refractivity contribution in [1.82, 2.24) is 15.0 Å². The molecule has 8 nitrogen and oxygen atoms in total. The van der Waals surface area contributed by atoms with E-state index in [0.717, 1.165) is 6.08 Å². The maximum Gasteiger partial charge on any atom is 0.338 e. The Kier molecular flexibility index (Phi) is 4.17. The van der Waals surface area contributed by atoms with Crippen molar-refractivity contribution in [3.63, 3.8) is 0 Å². The summed E-state index contributed by atoms with van der Waals surface area (Å²) in [6, 6.07) is 5.04. The molecule has 0 radical (unpaired) electrons. The molecule has 0 aliphatic carbocycles. The summed E-state index contributed by atoms with van der Waals surface area (Å²) in [5, 5.41) is 12.4. The number of carbonyl (C=O) groups excluding carboxylic acids is 1. The normalized spacial score (nSPS) is 10.4. The van der Waals surface area contributed by atoms with E-state index in [-0.39, 0.29) is 5.56 Å². The summed E-state index contributed by atoms with van der Waals surface area (Å²) in [7, 11) is 1.48. The van der Waals surface area contributed by atoms with Crippen LogP contribution in [0.1, 0.15) is 10.4 Å². The number of carboxylic acids is 1. The molecule has 3 rings (SSSR count). The molecule has 1 aromatic carbocycles. The average Bonchev–Trinajstić information content (AvgIpc) is 3.06. The minimum atomic E-state index is -1.09. The van der Waals surface area contributed by atoms with Crippen molar-refractivity contribution in [3.8, 4) is 17.0 Å². The van der Waals surface area contributed by atoms with Crippen LogP contribution in [0.3, 0.4) is 0 Å². The molecule has 126 valence electrons. The highest BCUT2D eigenvalue weighted by atomic mass is 16.5. The molecule has 0 aliphatic rings. The largest absolute Gasteiger partial charge is 0.495 e. The van der Waals surface area contributed by atoms with Crippen LogP contribution in [0.2, 0.25) is 0 Å². The number of H-pyrrole nitrogens is 1. The van der Waals surface area contributed by atoms with E-state index in [1.807, 2.05) is 0 Å². The second-order valence-electron chi connectivity index (χ2n) is 5.06. The van der Waals surface area contributed by atoms with Gasteiger partial charge in [0.05, 0.1) is 29.4 Å². The highest BCUT2D eigenvalue weighted by Gasteiger charge is 2.18. The van der Waals surface area contributed by atoms with Crippen molar-refractivity contribution in [2.75, 3.05) is 12.4 Å². The number of amides is 1. The first-order valence-electron chi connectivity index (χ1n) is 7.22. The van der Waals surface area contributed by atoms with Gasteiger partial charge < -0.3 is 20.1 Å². The number of rotatable bonds is 5. The fourth-order valence-corrected chi connectivity index (χ4v) is 2.49. The van der Waals surface area contributed by atoms with Crippen LogP contribution in [0, 0.1) is 0 Å². The van der Waals surface area contributed by atoms with Gasteiger partial charge in [-0.25, -0.2) is 14.8 Å². The van der Waals surface area contributed by atoms with Crippen LogP contribution in [0.5, 0.6) is 5.75 Å². The lowest BCUT2D eigenvalue weighted by Gasteiger charge is -2.11. The number of hydrogen-bond donors (Lipinski definition) is 3. The molecular formula is C17H14N4O4. The third-order valence-corrected chi connectivity index (χ3v) is 3.62. The fourth-order valence-electron chi connectivity index (χ4n) is 2.49. The fraction of sp³-hybridized carbons (Fsp3) is 0.0588. The quantitative estimate of drug-likeness (QED) is 0.615. The number of ether oxygens (including phenoxy) is 1. The van der Waals surface area contributed by atoms with Gasteiger partial charge in [0.25, 0.3) is 0 Å². The van der Waals surface area contributed by atoms with E-state index < -0.39 is 11.9 Å². The summed E-state index contributed by atoms with van der Waals surface area (Å²) in [5.74, 6) is -1.02. The minimum Gasteiger partial charge on any atom is -0.495 e. The number of nitrogens with one attached hydrogen (secondary N) is 2. The van der Waals surface area contributed by atoms with Crippen LogP contribution in [0.15, 0.2) is 43.4 Å². The highest BCUT2D eigenvalue weighted by Crippen LogP contribution is 2.33. The van der Waals surface area contributed by atoms with Gasteiger partial charge in [0.15, 0.2) is 0 Å². The smallest absolute Gasteiger partial charge is 0.338 e. The molecule has 0 aliphatic heterocycles. The molecule has 1 amide bonds. The summed E-state index contributed by atoms with van der Waals surface area (Å²) in [6.45, 7) is 3.41. The first-order valence-corrected chi connectivity index (χ1v) is 7.22. The maximum absolute atomic E-state index is 11.6. The Morgan fingerprint density at radius 1 is 1.36 bits per heavy atom. The number of benzene rings is 1. The molecule has 2 heterocycles. The number of carbonyl (C=O) groups is 2. The molecule has 0 unspecified atom stereocenters. The number of methoxy groups -OCH3 is 1. The van der Waals surface area contributed by atoms with Crippen molar-refractivity contribution in [2.24, 2.45) is 0 Å². The molecule has 3 aromatic rings. The van der Waals surface area contributed by atoms with Gasteiger partial charge in [-0.1, -0.05) is 6.58 Å². The number of aromatic carboxylic acids is 1. The molecule has 8 heteroatoms. The lowest BCUT2D eigenvalue weighted by Crippen LogP contribution is -2.08. The van der Waals surface area contributed by atoms with E-state index in [1.54, 1.807) is 18.2 Å². The lowest BCUT2D eigenvalue weighted by atomic mass is 10.1. The van der Waals surface area contributed by atoms with Crippen molar-refractivity contribution in [2.45, 2.75) is 0 Å². The van der Waals surface area contributed by atoms with Gasteiger partial charge in [-0.05, 0) is 24.3 Å². The zero-order chi connectivity index (χ0) is 18.0. The SMILES string of the molecule is C=CC(=O)Nc1cc(-c2ncnc3[nH]cc(C(=O)O)c23)ccc1OC. The summed E-state index contributed by atoms with van der Waals surface area (Å²) in [6.07, 6.45) is 3.85. The van der Waals surface area contributed by atoms with E-state index in [1.165, 1.54) is 19.6 Å². The third kappa shape index (κ3) is 2.92. The first-order chi connectivity index (χ1) is 12.0. The molecule has 0 saturated heterocycles. The van der Waals surface area contributed by atoms with Crippen LogP contribution in [-0.4, -0.2) is 39.0 Å². The molecule has 2 aromatic heterocycles. The molecular weight excluding hydrogens is 324 g/mol. The molecule has 25 heavy (non-hydrogen) atoms. The van der Waals surface area contributed by atoms with Crippen LogP contribution in [0.4, 0.5) is 5.69 Å². The van der Waals surface area contributed by atoms with Crippen LogP contribution in [0.25, 0.3) is 22.3 Å². The zero-order valence-electron chi connectivity index (χ0n) is 13.2. The summed E-state index contributed by atoms with van der Waals surface area (Å²) in [4.78, 5) is 34.2. The van der Waals surface area contributed by atoms with E-state index >= 15 is 0 Å². The van der Waals surface area contributed by atoms with Gasteiger partial charge in [0.1, 0.15) is 17.7 Å². The Labute approximate surface area is 142 Å². The van der Waals surface area contributed by atoms with Crippen LogP contribution >= 0.6 is 0 Å². The van der Waals surface area contributed by atoms with Gasteiger partial charge in [-0.2, -0.15) is 0 Å². The highest BCUT2D eigenvalue weighted by molar-refractivity contribution is 6.08. The van der Waals surface area contributed by atoms with Crippen LogP contribution < -0.4 is 10.1 Å². The second-order valence-corrected chi connectivity index (χ2v) is 5.06. The van der Waals surface area contributed by atoms with Gasteiger partial charge in [-0.15, -0.1) is 0 Å². The monoisotopic (exact) mass is 338 g/mol. The number of hydrogen-bond acceptors (Lipinski definition) is 5. The predicted octanol–water partition coefficient (Wildman–Crippen LogP) is 2.46. The maximum atomic E-state index is 11.6. The zero-order valence-corrected chi connectivity index (χ0v) is 13.2. The predicted molar refractivity (Wildman–Crippen MR) is 91.7 cm³/mol. The number of aromatic nitrogens is 3. The topological polar surface area (TPSA) is 117 Å². The van der Waals surface area contributed by atoms with E-state index in [2.05, 4.69) is 26.8 Å². The van der Waals surface area contributed by atoms with Crippen molar-refractivity contribution in [3.05, 3.63) is 48.9 Å². The Balaban J connectivity index is 2.20. The lowest BCUT2D eigenvalue weighted by molar-refractivity contribution is -0.111. The van der Waals surface area contributed by atoms with E-state index in [9.17, 15) is 14.7 Å². The molecule has 3 N–H and O–H groups in total. The summed E-state index contributed by atoms with van der Waals surface area (Å²) in [5.41, 5.74) is 1.94. The van der Waals surface area contributed by atoms with E-state index in [4.69, 9.17) is 4.74 Å². The Bertz CT molecular complexity index is 993. The summed E-state index contributed by atoms with van der Waals surface area (Å²) < 4.78 is 5.23. The first kappa shape index (κ1) is 16.2. The number of nitrogens with zero attached hydrogens (tertiary/aromatic N) is 2. The minimum absolute atomic E-state index is 0.0677. The third-order valence-electron chi connectivity index (χ3n) is 3.62. The average molecular weight is 338 g/mol. The van der Waals surface area contributed by atoms with Gasteiger partial charge in [0, 0.05) is 11.8 Å². The van der Waals surface area contributed by atoms with Crippen molar-refractivity contribution in [1.29, 1.82) is 0 Å². The summed E-state index contributed by atoms with van der Waals surface area (Å²) >= 11 is 0. The van der Waals surface area contributed by atoms with Gasteiger partial charge in [-0.3, -0.25) is 4.79 Å².